The number of hydrogen-bond acceptors (Lipinski definition) is 6. The van der Waals surface area contributed by atoms with Crippen LogP contribution >= 0.6 is 0 Å². The second-order valence-corrected chi connectivity index (χ2v) is 10.1. The Morgan fingerprint density at radius 3 is 1.90 bits per heavy atom. The molecule has 0 spiro atoms. The van der Waals surface area contributed by atoms with Crippen molar-refractivity contribution in [2.75, 3.05) is 20.2 Å². The van der Waals surface area contributed by atoms with Crippen LogP contribution in [0.1, 0.15) is 34.5 Å². The van der Waals surface area contributed by atoms with Gasteiger partial charge in [-0.25, -0.2) is 0 Å². The molecule has 0 aliphatic carbocycles. The van der Waals surface area contributed by atoms with Gasteiger partial charge in [-0.1, -0.05) is 103 Å². The summed E-state index contributed by atoms with van der Waals surface area (Å²) in [6.07, 6.45) is 2.19. The molecule has 1 aliphatic rings. The van der Waals surface area contributed by atoms with E-state index in [2.05, 4.69) is 93.1 Å². The first-order valence-corrected chi connectivity index (χ1v) is 13.7. The Balaban J connectivity index is 1.37. The Bertz CT molecular complexity index is 1530. The molecule has 2 heterocycles. The van der Waals surface area contributed by atoms with Gasteiger partial charge in [0.25, 0.3) is 0 Å². The molecule has 1 fully saturated rings. The number of tetrazole rings is 1. The highest BCUT2D eigenvalue weighted by atomic mass is 16.5. The van der Waals surface area contributed by atoms with Crippen molar-refractivity contribution in [3.05, 3.63) is 149 Å². The number of Topliss-reactive ketones (excluding diaryl/α,β-unsaturated/α-hetero) is 1. The minimum Gasteiger partial charge on any atom is -0.497 e. The number of hydrogen-bond donors (Lipinski definition) is 0. The van der Waals surface area contributed by atoms with Crippen molar-refractivity contribution in [3.8, 4) is 5.75 Å². The number of piperidine rings is 1. The van der Waals surface area contributed by atoms with E-state index in [0.29, 0.717) is 37.5 Å². The van der Waals surface area contributed by atoms with Crippen molar-refractivity contribution in [2.45, 2.75) is 18.5 Å². The second-order valence-electron chi connectivity index (χ2n) is 10.1. The number of likely N-dealkylation sites (tertiary alicyclic amines) is 1. The quantitative estimate of drug-likeness (QED) is 0.194. The first-order valence-electron chi connectivity index (χ1n) is 13.7. The van der Waals surface area contributed by atoms with Crippen LogP contribution in [0.4, 0.5) is 0 Å². The van der Waals surface area contributed by atoms with Gasteiger partial charge in [0.1, 0.15) is 5.75 Å². The number of nitrogens with zero attached hydrogens (tertiary/aromatic N) is 5. The van der Waals surface area contributed by atoms with Crippen molar-refractivity contribution in [1.82, 2.24) is 25.1 Å². The molecule has 0 atom stereocenters. The largest absolute Gasteiger partial charge is 0.497 e. The van der Waals surface area contributed by atoms with E-state index in [0.717, 1.165) is 28.0 Å². The highest BCUT2D eigenvalue weighted by Crippen LogP contribution is 2.43. The van der Waals surface area contributed by atoms with Crippen molar-refractivity contribution < 1.29 is 9.53 Å². The van der Waals surface area contributed by atoms with Gasteiger partial charge in [-0.2, -0.15) is 4.80 Å². The van der Waals surface area contributed by atoms with Crippen LogP contribution in [0, 0.1) is 0 Å². The third-order valence-corrected chi connectivity index (χ3v) is 7.63. The Morgan fingerprint density at radius 2 is 1.37 bits per heavy atom. The number of benzene rings is 4. The lowest BCUT2D eigenvalue weighted by Crippen LogP contribution is -2.52. The number of methoxy groups -OCH3 is 1. The Morgan fingerprint density at radius 1 is 0.805 bits per heavy atom. The van der Waals surface area contributed by atoms with Crippen LogP contribution in [0.5, 0.6) is 5.75 Å². The fourth-order valence-electron chi connectivity index (χ4n) is 5.70. The molecule has 0 N–H and O–H groups in total. The van der Waals surface area contributed by atoms with Gasteiger partial charge in [0.15, 0.2) is 11.6 Å². The maximum atomic E-state index is 13.2. The first-order chi connectivity index (χ1) is 20.2. The second kappa shape index (κ2) is 11.7. The molecule has 204 valence electrons. The lowest BCUT2D eigenvalue weighted by atomic mass is 9.74. The summed E-state index contributed by atoms with van der Waals surface area (Å²) < 4.78 is 5.24. The van der Waals surface area contributed by atoms with Crippen LogP contribution < -0.4 is 4.74 Å². The predicted molar refractivity (Wildman–Crippen MR) is 158 cm³/mol. The maximum Gasteiger partial charge on any atom is 0.198 e. The van der Waals surface area contributed by atoms with E-state index in [4.69, 9.17) is 4.74 Å². The van der Waals surface area contributed by atoms with E-state index >= 15 is 0 Å². The molecule has 1 saturated heterocycles. The molecule has 0 unspecified atom stereocenters. The molecule has 6 rings (SSSR count). The summed E-state index contributed by atoms with van der Waals surface area (Å²) in [6.45, 7) is 1.54. The summed E-state index contributed by atoms with van der Waals surface area (Å²) >= 11 is 0. The number of ether oxygens (including phenoxy) is 1. The monoisotopic (exact) mass is 541 g/mol. The molecule has 4 aromatic carbocycles. The highest BCUT2D eigenvalue weighted by Gasteiger charge is 2.44. The average molecular weight is 542 g/mol. The Kier molecular flexibility index (Phi) is 7.52. The first kappa shape index (κ1) is 26.3. The SMILES string of the molecule is COc1ccc(Cn2nnc(/C=C3\CN(C(c4ccccc4)(c4ccccc4)c4ccccc4)CCC3=O)n2)cc1. The number of rotatable bonds is 8. The van der Waals surface area contributed by atoms with E-state index in [1.165, 1.54) is 0 Å². The fraction of sp³-hybridized carbons (Fsp3) is 0.176. The summed E-state index contributed by atoms with van der Waals surface area (Å²) in [5.74, 6) is 1.33. The summed E-state index contributed by atoms with van der Waals surface area (Å²) in [7, 11) is 1.64. The van der Waals surface area contributed by atoms with Crippen molar-refractivity contribution in [2.24, 2.45) is 0 Å². The molecule has 5 aromatic rings. The minimum atomic E-state index is -0.594. The van der Waals surface area contributed by atoms with E-state index in [1.54, 1.807) is 18.0 Å². The molecule has 0 saturated carbocycles. The smallest absolute Gasteiger partial charge is 0.198 e. The zero-order chi connectivity index (χ0) is 28.1. The number of carbonyl (C=O) groups excluding carboxylic acids is 1. The maximum absolute atomic E-state index is 13.2. The molecular weight excluding hydrogens is 510 g/mol. The predicted octanol–water partition coefficient (Wildman–Crippen LogP) is 5.38. The minimum absolute atomic E-state index is 0.107. The van der Waals surface area contributed by atoms with E-state index in [9.17, 15) is 4.79 Å². The molecule has 0 bridgehead atoms. The van der Waals surface area contributed by atoms with Crippen LogP contribution in [0.15, 0.2) is 121 Å². The van der Waals surface area contributed by atoms with Gasteiger partial charge in [-0.3, -0.25) is 9.69 Å². The summed E-state index contributed by atoms with van der Waals surface area (Å²) in [5, 5.41) is 13.0. The number of aromatic nitrogens is 4. The third-order valence-electron chi connectivity index (χ3n) is 7.63. The van der Waals surface area contributed by atoms with Crippen molar-refractivity contribution >= 4 is 11.9 Å². The van der Waals surface area contributed by atoms with Gasteiger partial charge >= 0.3 is 0 Å². The summed E-state index contributed by atoms with van der Waals surface area (Å²) in [4.78, 5) is 17.2. The third kappa shape index (κ3) is 5.32. The lowest BCUT2D eigenvalue weighted by Gasteiger charge is -2.47. The van der Waals surface area contributed by atoms with Crippen molar-refractivity contribution in [3.63, 3.8) is 0 Å². The van der Waals surface area contributed by atoms with E-state index in [1.807, 2.05) is 42.5 Å². The van der Waals surface area contributed by atoms with Crippen LogP contribution in [-0.2, 0) is 16.9 Å². The Labute approximate surface area is 239 Å². The van der Waals surface area contributed by atoms with Gasteiger partial charge in [-0.05, 0) is 45.7 Å². The molecular formula is C34H31N5O2. The summed E-state index contributed by atoms with van der Waals surface area (Å²) in [6, 6.07) is 39.4. The highest BCUT2D eigenvalue weighted by molar-refractivity contribution is 6.00. The number of ketones is 1. The van der Waals surface area contributed by atoms with Gasteiger partial charge in [-0.15, -0.1) is 10.2 Å². The molecule has 7 heteroatoms. The van der Waals surface area contributed by atoms with Gasteiger partial charge in [0, 0.05) is 25.1 Å². The van der Waals surface area contributed by atoms with Crippen LogP contribution in [0.2, 0.25) is 0 Å². The number of carbonyl (C=O) groups is 1. The normalized spacial score (nSPS) is 15.2. The van der Waals surface area contributed by atoms with Gasteiger partial charge in [0.2, 0.25) is 0 Å². The topological polar surface area (TPSA) is 73.1 Å². The molecule has 1 aliphatic heterocycles. The van der Waals surface area contributed by atoms with Crippen LogP contribution in [0.25, 0.3) is 6.08 Å². The van der Waals surface area contributed by atoms with Crippen LogP contribution in [-0.4, -0.2) is 51.1 Å². The zero-order valence-corrected chi connectivity index (χ0v) is 22.9. The summed E-state index contributed by atoms with van der Waals surface area (Å²) in [5.41, 5.74) is 4.55. The van der Waals surface area contributed by atoms with Crippen LogP contribution in [0.3, 0.4) is 0 Å². The molecule has 0 amide bonds. The van der Waals surface area contributed by atoms with Crippen molar-refractivity contribution in [1.29, 1.82) is 0 Å². The van der Waals surface area contributed by atoms with E-state index in [-0.39, 0.29) is 5.78 Å². The lowest BCUT2D eigenvalue weighted by molar-refractivity contribution is -0.117. The molecule has 7 nitrogen and oxygen atoms in total. The molecule has 41 heavy (non-hydrogen) atoms. The van der Waals surface area contributed by atoms with Gasteiger partial charge in [0.05, 0.1) is 19.2 Å². The van der Waals surface area contributed by atoms with Gasteiger partial charge < -0.3 is 4.74 Å². The Hall–Kier alpha value is -4.88. The van der Waals surface area contributed by atoms with E-state index < -0.39 is 5.54 Å². The fourth-order valence-corrected chi connectivity index (χ4v) is 5.70. The molecule has 1 aromatic heterocycles. The average Bonchev–Trinajstić information content (AvgIpc) is 3.47. The zero-order valence-electron chi connectivity index (χ0n) is 22.9. The standard InChI is InChI=1S/C34H31N5O2/c1-41-31-19-17-26(18-20-31)24-39-36-33(35-37-39)23-27-25-38(22-21-32(27)40)34(28-11-5-2-6-12-28,29-13-7-3-8-14-29)30-15-9-4-10-16-30/h2-20,23H,21-22,24-25H2,1H3/b27-23+. The molecule has 0 radical (unpaired) electrons.